The van der Waals surface area contributed by atoms with Crippen LogP contribution in [-0.4, -0.2) is 67.9 Å². The summed E-state index contributed by atoms with van der Waals surface area (Å²) in [7, 11) is 0. The molecule has 8 heteroatoms. The number of hydrogen-bond donors (Lipinski definition) is 0. The van der Waals surface area contributed by atoms with Crippen molar-refractivity contribution in [2.24, 2.45) is 0 Å². The highest BCUT2D eigenvalue weighted by atomic mass is 32.2. The van der Waals surface area contributed by atoms with E-state index in [9.17, 15) is 9.59 Å². The second kappa shape index (κ2) is 7.60. The number of thioether (sulfide) groups is 1. The summed E-state index contributed by atoms with van der Waals surface area (Å²) in [6, 6.07) is 15.9. The SMILES string of the molecule is CC(=O)N1CCN(C(=O)CSc2nc3ccccc3c3nc4ccccc4n23)CC1. The normalized spacial score (nSPS) is 14.7. The van der Waals surface area contributed by atoms with Gasteiger partial charge in [0.1, 0.15) is 5.65 Å². The van der Waals surface area contributed by atoms with E-state index in [1.807, 2.05) is 57.8 Å². The van der Waals surface area contributed by atoms with Crippen LogP contribution in [0.4, 0.5) is 0 Å². The van der Waals surface area contributed by atoms with Crippen molar-refractivity contribution in [2.75, 3.05) is 31.9 Å². The van der Waals surface area contributed by atoms with Crippen LogP contribution >= 0.6 is 11.8 Å². The van der Waals surface area contributed by atoms with Crippen LogP contribution in [0.3, 0.4) is 0 Å². The summed E-state index contributed by atoms with van der Waals surface area (Å²) in [5.41, 5.74) is 3.61. The molecule has 5 rings (SSSR count). The Labute approximate surface area is 177 Å². The van der Waals surface area contributed by atoms with Crippen molar-refractivity contribution >= 4 is 51.2 Å². The highest BCUT2D eigenvalue weighted by Gasteiger charge is 2.23. The molecule has 0 radical (unpaired) electrons. The number of carbonyl (C=O) groups excluding carboxylic acids is 2. The van der Waals surface area contributed by atoms with Crippen LogP contribution in [0.15, 0.2) is 53.7 Å². The molecule has 0 spiro atoms. The van der Waals surface area contributed by atoms with Crippen molar-refractivity contribution < 1.29 is 9.59 Å². The molecule has 2 amide bonds. The molecule has 7 nitrogen and oxygen atoms in total. The second-order valence-electron chi connectivity index (χ2n) is 7.35. The van der Waals surface area contributed by atoms with E-state index in [0.717, 1.165) is 32.7 Å². The summed E-state index contributed by atoms with van der Waals surface area (Å²) in [5, 5.41) is 1.75. The summed E-state index contributed by atoms with van der Waals surface area (Å²) < 4.78 is 2.04. The zero-order valence-corrected chi connectivity index (χ0v) is 17.4. The zero-order chi connectivity index (χ0) is 20.7. The van der Waals surface area contributed by atoms with Crippen LogP contribution in [0.5, 0.6) is 0 Å². The van der Waals surface area contributed by atoms with Gasteiger partial charge in [-0.25, -0.2) is 9.97 Å². The van der Waals surface area contributed by atoms with Crippen LogP contribution in [0.1, 0.15) is 6.92 Å². The van der Waals surface area contributed by atoms with E-state index in [2.05, 4.69) is 0 Å². The maximum Gasteiger partial charge on any atom is 0.233 e. The number of carbonyl (C=O) groups is 2. The van der Waals surface area contributed by atoms with Crippen molar-refractivity contribution in [1.29, 1.82) is 0 Å². The first-order valence-electron chi connectivity index (χ1n) is 9.94. The molecule has 1 saturated heterocycles. The quantitative estimate of drug-likeness (QED) is 0.377. The fourth-order valence-corrected chi connectivity index (χ4v) is 4.81. The van der Waals surface area contributed by atoms with Gasteiger partial charge in [-0.15, -0.1) is 0 Å². The maximum atomic E-state index is 12.8. The summed E-state index contributed by atoms with van der Waals surface area (Å²) in [5.74, 6) is 0.425. The van der Waals surface area contributed by atoms with Gasteiger partial charge in [-0.2, -0.15) is 0 Å². The van der Waals surface area contributed by atoms with Crippen LogP contribution in [0.2, 0.25) is 0 Å². The summed E-state index contributed by atoms with van der Waals surface area (Å²) >= 11 is 1.43. The first-order chi connectivity index (χ1) is 14.6. The Morgan fingerprint density at radius 1 is 0.900 bits per heavy atom. The van der Waals surface area contributed by atoms with Crippen molar-refractivity contribution in [3.05, 3.63) is 48.5 Å². The van der Waals surface area contributed by atoms with Crippen LogP contribution < -0.4 is 0 Å². The number of benzene rings is 2. The van der Waals surface area contributed by atoms with Crippen molar-refractivity contribution in [3.8, 4) is 0 Å². The first kappa shape index (κ1) is 18.9. The Balaban J connectivity index is 1.45. The molecule has 0 bridgehead atoms. The maximum absolute atomic E-state index is 12.8. The standard InChI is InChI=1S/C22H21N5O2S/c1-15(28)25-10-12-26(13-11-25)20(29)14-30-22-24-17-7-3-2-6-16(17)21-23-18-8-4-5-9-19(18)27(21)22/h2-9H,10-14H2,1H3. The number of hydrogen-bond acceptors (Lipinski definition) is 5. The topological polar surface area (TPSA) is 70.8 Å². The molecule has 1 aliphatic rings. The molecule has 2 aromatic heterocycles. The lowest BCUT2D eigenvalue weighted by atomic mass is 10.2. The van der Waals surface area contributed by atoms with Crippen LogP contribution in [0.25, 0.3) is 27.6 Å². The van der Waals surface area contributed by atoms with Gasteiger partial charge in [0, 0.05) is 38.5 Å². The monoisotopic (exact) mass is 419 g/mol. The molecule has 1 aliphatic heterocycles. The third kappa shape index (κ3) is 3.27. The summed E-state index contributed by atoms with van der Waals surface area (Å²) in [6.07, 6.45) is 0. The van der Waals surface area contributed by atoms with Crippen molar-refractivity contribution in [3.63, 3.8) is 0 Å². The second-order valence-corrected chi connectivity index (χ2v) is 8.29. The van der Waals surface area contributed by atoms with Gasteiger partial charge in [0.2, 0.25) is 11.8 Å². The van der Waals surface area contributed by atoms with Gasteiger partial charge in [0.15, 0.2) is 5.16 Å². The number of aromatic nitrogens is 3. The lowest BCUT2D eigenvalue weighted by Gasteiger charge is -2.34. The summed E-state index contributed by atoms with van der Waals surface area (Å²) in [4.78, 5) is 37.6. The van der Waals surface area contributed by atoms with Gasteiger partial charge in [0.05, 0.1) is 22.3 Å². The van der Waals surface area contributed by atoms with E-state index in [-0.39, 0.29) is 11.8 Å². The molecule has 0 saturated carbocycles. The van der Waals surface area contributed by atoms with Crippen LogP contribution in [-0.2, 0) is 9.59 Å². The van der Waals surface area contributed by atoms with E-state index in [1.165, 1.54) is 11.8 Å². The van der Waals surface area contributed by atoms with Gasteiger partial charge in [-0.05, 0) is 24.3 Å². The highest BCUT2D eigenvalue weighted by molar-refractivity contribution is 7.99. The van der Waals surface area contributed by atoms with Crippen LogP contribution in [0, 0.1) is 0 Å². The van der Waals surface area contributed by atoms with Gasteiger partial charge in [0.25, 0.3) is 0 Å². The Hall–Kier alpha value is -3.13. The van der Waals surface area contributed by atoms with Gasteiger partial charge in [-0.3, -0.25) is 14.0 Å². The van der Waals surface area contributed by atoms with E-state index < -0.39 is 0 Å². The molecule has 0 N–H and O–H groups in total. The lowest BCUT2D eigenvalue weighted by molar-refractivity contribution is -0.136. The van der Waals surface area contributed by atoms with Gasteiger partial charge < -0.3 is 9.80 Å². The van der Waals surface area contributed by atoms with E-state index in [0.29, 0.717) is 31.9 Å². The average Bonchev–Trinajstić information content (AvgIpc) is 3.17. The number of para-hydroxylation sites is 3. The largest absolute Gasteiger partial charge is 0.339 e. The number of rotatable bonds is 3. The molecule has 30 heavy (non-hydrogen) atoms. The Bertz CT molecular complexity index is 1280. The minimum absolute atomic E-state index is 0.0613. The molecule has 152 valence electrons. The third-order valence-electron chi connectivity index (χ3n) is 5.52. The minimum Gasteiger partial charge on any atom is -0.339 e. The molecule has 4 aromatic rings. The number of amides is 2. The molecule has 0 atom stereocenters. The predicted octanol–water partition coefficient (Wildman–Crippen LogP) is 2.82. The predicted molar refractivity (Wildman–Crippen MR) is 118 cm³/mol. The molecule has 3 heterocycles. The molecule has 2 aromatic carbocycles. The van der Waals surface area contributed by atoms with E-state index >= 15 is 0 Å². The smallest absolute Gasteiger partial charge is 0.233 e. The molecular formula is C22H21N5O2S. The highest BCUT2D eigenvalue weighted by Crippen LogP contribution is 2.29. The number of piperazine rings is 1. The minimum atomic E-state index is 0.0613. The number of nitrogens with zero attached hydrogens (tertiary/aromatic N) is 5. The Kier molecular flexibility index (Phi) is 4.78. The Morgan fingerprint density at radius 3 is 2.33 bits per heavy atom. The van der Waals surface area contributed by atoms with Gasteiger partial charge >= 0.3 is 0 Å². The molecule has 1 fully saturated rings. The Morgan fingerprint density at radius 2 is 1.57 bits per heavy atom. The molecular weight excluding hydrogens is 398 g/mol. The lowest BCUT2D eigenvalue weighted by Crippen LogP contribution is -2.50. The third-order valence-corrected chi connectivity index (χ3v) is 6.44. The van der Waals surface area contributed by atoms with E-state index in [1.54, 1.807) is 11.8 Å². The first-order valence-corrected chi connectivity index (χ1v) is 10.9. The fraction of sp³-hybridized carbons (Fsp3) is 0.273. The zero-order valence-electron chi connectivity index (χ0n) is 16.6. The van der Waals surface area contributed by atoms with Crippen molar-refractivity contribution in [1.82, 2.24) is 24.2 Å². The van der Waals surface area contributed by atoms with Gasteiger partial charge in [-0.1, -0.05) is 36.0 Å². The fourth-order valence-electron chi connectivity index (χ4n) is 3.90. The number of fused-ring (bicyclic) bond motifs is 5. The van der Waals surface area contributed by atoms with Crippen molar-refractivity contribution in [2.45, 2.75) is 12.1 Å². The van der Waals surface area contributed by atoms with E-state index in [4.69, 9.17) is 9.97 Å². The molecule has 0 aliphatic carbocycles. The number of imidazole rings is 1. The summed E-state index contributed by atoms with van der Waals surface area (Å²) in [6.45, 7) is 3.91. The molecule has 0 unspecified atom stereocenters. The average molecular weight is 420 g/mol.